The molecule has 1 aromatic carbocycles. The highest BCUT2D eigenvalue weighted by molar-refractivity contribution is 5.87. The number of aromatic nitrogens is 1. The summed E-state index contributed by atoms with van der Waals surface area (Å²) in [6, 6.07) is 5.39. The average Bonchev–Trinajstić information content (AvgIpc) is 3.00. The van der Waals surface area contributed by atoms with Crippen LogP contribution in [-0.4, -0.2) is 17.9 Å². The van der Waals surface area contributed by atoms with E-state index in [0.717, 1.165) is 66.6 Å². The number of hydrogen-bond acceptors (Lipinski definition) is 4. The molecule has 1 aliphatic heterocycles. The Balaban J connectivity index is 0.00000141. The lowest BCUT2D eigenvalue weighted by Gasteiger charge is -2.34. The Labute approximate surface area is 245 Å². The second-order valence-corrected chi connectivity index (χ2v) is 10.1. The first-order valence-corrected chi connectivity index (χ1v) is 15.0. The smallest absolute Gasteiger partial charge is 0.264 e. The monoisotopic (exact) mass is 566 g/mol. The lowest BCUT2D eigenvalue weighted by atomic mass is 9.86. The number of carbonyl (C=O) groups is 1. The molecule has 7 heteroatoms. The Kier molecular flexibility index (Phi) is 13.7. The van der Waals surface area contributed by atoms with Crippen molar-refractivity contribution in [3.8, 4) is 0 Å². The van der Waals surface area contributed by atoms with Gasteiger partial charge >= 0.3 is 0 Å². The van der Waals surface area contributed by atoms with Crippen LogP contribution in [0.15, 0.2) is 42.6 Å². The van der Waals surface area contributed by atoms with Crippen LogP contribution in [0, 0.1) is 0 Å². The molecule has 224 valence electrons. The molecule has 0 spiro atoms. The number of hydrogen-bond donors (Lipinski definition) is 2. The van der Waals surface area contributed by atoms with Crippen LogP contribution in [0.5, 0.6) is 0 Å². The van der Waals surface area contributed by atoms with E-state index in [1.54, 1.807) is 6.07 Å². The van der Waals surface area contributed by atoms with Crippen molar-refractivity contribution >= 4 is 35.3 Å². The molecule has 3 N–H and O–H groups in total. The highest BCUT2D eigenvalue weighted by Gasteiger charge is 2.28. The quantitative estimate of drug-likeness (QED) is 0.246. The molecule has 41 heavy (non-hydrogen) atoms. The van der Waals surface area contributed by atoms with Crippen molar-refractivity contribution < 1.29 is 13.6 Å². The molecule has 0 saturated heterocycles. The third-order valence-electron chi connectivity index (χ3n) is 7.30. The number of benzene rings is 1. The summed E-state index contributed by atoms with van der Waals surface area (Å²) in [5.74, 6) is 1.01. The topological polar surface area (TPSA) is 71.2 Å². The summed E-state index contributed by atoms with van der Waals surface area (Å²) in [4.78, 5) is 18.8. The second kappa shape index (κ2) is 16.7. The van der Waals surface area contributed by atoms with Crippen molar-refractivity contribution in [1.82, 2.24) is 4.98 Å². The molecule has 4 rings (SSSR count). The van der Waals surface area contributed by atoms with Crippen molar-refractivity contribution in [2.45, 2.75) is 98.8 Å². The Hall–Kier alpha value is -3.48. The number of halogens is 2. The number of amides is 1. The molecular formula is C34H48F2N4O. The van der Waals surface area contributed by atoms with Crippen molar-refractivity contribution in [2.24, 2.45) is 5.73 Å². The maximum absolute atomic E-state index is 14.3. The number of anilines is 3. The minimum atomic E-state index is -2.68. The number of nitrogens with one attached hydrogen (secondary N) is 1. The van der Waals surface area contributed by atoms with Gasteiger partial charge < -0.3 is 16.0 Å². The molecule has 1 aromatic heterocycles. The first kappa shape index (κ1) is 33.7. The summed E-state index contributed by atoms with van der Waals surface area (Å²) in [5, 5.41) is 2.89. The molecule has 0 radical (unpaired) electrons. The van der Waals surface area contributed by atoms with E-state index in [1.807, 2.05) is 64.7 Å². The SMILES string of the molecule is C=C/C(=C\N)c1cc2c(cc1C(F)F)N(c1nc(C3CCCCC3)cc(NC=O)c1C=C(C)C)CCC2.CC.CC. The van der Waals surface area contributed by atoms with E-state index in [1.165, 1.54) is 18.7 Å². The molecule has 0 atom stereocenters. The van der Waals surface area contributed by atoms with Crippen LogP contribution < -0.4 is 16.0 Å². The largest absolute Gasteiger partial charge is 0.404 e. The summed E-state index contributed by atoms with van der Waals surface area (Å²) in [5.41, 5.74) is 11.7. The van der Waals surface area contributed by atoms with E-state index >= 15 is 0 Å². The van der Waals surface area contributed by atoms with E-state index in [9.17, 15) is 13.6 Å². The fourth-order valence-electron chi connectivity index (χ4n) is 5.56. The first-order valence-electron chi connectivity index (χ1n) is 15.0. The van der Waals surface area contributed by atoms with Gasteiger partial charge in [0.15, 0.2) is 0 Å². The summed E-state index contributed by atoms with van der Waals surface area (Å²) >= 11 is 0. The van der Waals surface area contributed by atoms with Crippen molar-refractivity contribution in [3.63, 3.8) is 0 Å². The lowest BCUT2D eigenvalue weighted by molar-refractivity contribution is -0.105. The molecule has 0 bridgehead atoms. The Bertz CT molecular complexity index is 1230. The van der Waals surface area contributed by atoms with Gasteiger partial charge in [-0.3, -0.25) is 4.79 Å². The molecule has 1 amide bonds. The fraction of sp³-hybridized carbons (Fsp3) is 0.471. The number of rotatable bonds is 8. The standard InChI is InChI=1S/C30H36F2N4O.2C2H6/c1-4-20(17-33)23-14-22-11-8-12-36(28(22)15-24(23)29(31)32)30-25(13-19(2)3)27(34-18-37)16-26(35-30)21-9-6-5-7-10-21;2*1-2/h4,13-18,21,29H,1,5-12,33H2,2-3H3,(H,34,35,37);2*1-2H3/b20-17+;;. The number of nitrogens with zero attached hydrogens (tertiary/aromatic N) is 2. The summed E-state index contributed by atoms with van der Waals surface area (Å²) < 4.78 is 28.6. The maximum atomic E-state index is 14.3. The van der Waals surface area contributed by atoms with E-state index in [2.05, 4.69) is 11.9 Å². The van der Waals surface area contributed by atoms with Crippen LogP contribution >= 0.6 is 0 Å². The minimum Gasteiger partial charge on any atom is -0.404 e. The predicted octanol–water partition coefficient (Wildman–Crippen LogP) is 9.68. The van der Waals surface area contributed by atoms with Crippen LogP contribution in [0.4, 0.5) is 26.0 Å². The number of carbonyl (C=O) groups excluding carboxylic acids is 1. The predicted molar refractivity (Wildman–Crippen MR) is 171 cm³/mol. The minimum absolute atomic E-state index is 0.0827. The summed E-state index contributed by atoms with van der Waals surface area (Å²) in [6.07, 6.45) is 10.1. The van der Waals surface area contributed by atoms with Gasteiger partial charge in [-0.15, -0.1) is 0 Å². The van der Waals surface area contributed by atoms with Gasteiger partial charge in [0.2, 0.25) is 6.41 Å². The number of pyridine rings is 1. The highest BCUT2D eigenvalue weighted by atomic mass is 19.3. The summed E-state index contributed by atoms with van der Waals surface area (Å²) in [6.45, 7) is 16.4. The fourth-order valence-corrected chi connectivity index (χ4v) is 5.56. The van der Waals surface area contributed by atoms with Crippen molar-refractivity contribution in [1.29, 1.82) is 0 Å². The van der Waals surface area contributed by atoms with Gasteiger partial charge in [0.05, 0.1) is 5.69 Å². The zero-order chi connectivity index (χ0) is 30.5. The number of alkyl halides is 2. The van der Waals surface area contributed by atoms with Crippen LogP contribution in [0.2, 0.25) is 0 Å². The van der Waals surface area contributed by atoms with Crippen molar-refractivity contribution in [3.05, 3.63) is 70.6 Å². The van der Waals surface area contributed by atoms with Crippen LogP contribution in [0.3, 0.4) is 0 Å². The zero-order valence-corrected chi connectivity index (χ0v) is 25.7. The number of fused-ring (bicyclic) bond motifs is 1. The third kappa shape index (κ3) is 8.05. The summed E-state index contributed by atoms with van der Waals surface area (Å²) in [7, 11) is 0. The van der Waals surface area contributed by atoms with Gasteiger partial charge in [-0.25, -0.2) is 13.8 Å². The van der Waals surface area contributed by atoms with E-state index in [-0.39, 0.29) is 5.56 Å². The van der Waals surface area contributed by atoms with Gasteiger partial charge in [-0.05, 0) is 74.4 Å². The Morgan fingerprint density at radius 2 is 1.78 bits per heavy atom. The van der Waals surface area contributed by atoms with E-state index < -0.39 is 6.43 Å². The van der Waals surface area contributed by atoms with E-state index in [0.29, 0.717) is 41.5 Å². The number of aryl methyl sites for hydroxylation is 1. The Morgan fingerprint density at radius 1 is 1.10 bits per heavy atom. The van der Waals surface area contributed by atoms with Gasteiger partial charge in [0, 0.05) is 41.2 Å². The normalized spacial score (nSPS) is 15.0. The van der Waals surface area contributed by atoms with Gasteiger partial charge in [-0.2, -0.15) is 0 Å². The van der Waals surface area contributed by atoms with Crippen LogP contribution in [0.1, 0.15) is 120 Å². The lowest BCUT2D eigenvalue weighted by Crippen LogP contribution is -2.27. The highest BCUT2D eigenvalue weighted by Crippen LogP contribution is 2.43. The second-order valence-electron chi connectivity index (χ2n) is 10.1. The molecule has 1 saturated carbocycles. The molecule has 5 nitrogen and oxygen atoms in total. The molecule has 2 aromatic rings. The maximum Gasteiger partial charge on any atom is 0.264 e. The van der Waals surface area contributed by atoms with Crippen molar-refractivity contribution in [2.75, 3.05) is 16.8 Å². The number of allylic oxidation sites excluding steroid dienone is 3. The molecule has 0 unspecified atom stereocenters. The Morgan fingerprint density at radius 3 is 2.34 bits per heavy atom. The molecular weight excluding hydrogens is 518 g/mol. The number of nitrogens with two attached hydrogens (primary N) is 1. The van der Waals surface area contributed by atoms with Crippen LogP contribution in [0.25, 0.3) is 11.6 Å². The van der Waals surface area contributed by atoms with Gasteiger partial charge in [-0.1, -0.05) is 71.3 Å². The average molecular weight is 567 g/mol. The van der Waals surface area contributed by atoms with E-state index in [4.69, 9.17) is 10.7 Å². The molecule has 1 aliphatic carbocycles. The molecule has 2 aliphatic rings. The van der Waals surface area contributed by atoms with Gasteiger partial charge in [0.25, 0.3) is 6.43 Å². The molecule has 2 heterocycles. The first-order chi connectivity index (χ1) is 19.9. The third-order valence-corrected chi connectivity index (χ3v) is 7.30. The zero-order valence-electron chi connectivity index (χ0n) is 25.7. The molecule has 1 fully saturated rings. The van der Waals surface area contributed by atoms with Crippen LogP contribution in [-0.2, 0) is 11.2 Å². The van der Waals surface area contributed by atoms with Gasteiger partial charge in [0.1, 0.15) is 5.82 Å².